The van der Waals surface area contributed by atoms with Gasteiger partial charge in [0.25, 0.3) is 0 Å². The Balaban J connectivity index is -0.000000474. The molecule has 0 radical (unpaired) electrons. The maximum Gasteiger partial charge on any atom is 2.00 e. The number of aromatic nitrogens is 8. The summed E-state index contributed by atoms with van der Waals surface area (Å²) >= 11 is 0. The van der Waals surface area contributed by atoms with Gasteiger partial charge in [-0.15, -0.1) is 0 Å². The second kappa shape index (κ2) is 15.7. The molecule has 4 rings (SSSR count). The first kappa shape index (κ1) is 33.6. The van der Waals surface area contributed by atoms with Crippen molar-refractivity contribution in [3.8, 4) is 11.4 Å². The summed E-state index contributed by atoms with van der Waals surface area (Å²) in [4.78, 5) is 36.0. The molecule has 16 nitrogen and oxygen atoms in total. The van der Waals surface area contributed by atoms with Crippen LogP contribution in [-0.2, 0) is 41.4 Å². The van der Waals surface area contributed by atoms with E-state index in [1.54, 1.807) is 0 Å². The Morgan fingerprint density at radius 2 is 1.00 bits per heavy atom. The molecule has 4 aromatic heterocycles. The first-order chi connectivity index (χ1) is 13.5. The maximum absolute atomic E-state index is 10.5. The predicted molar refractivity (Wildman–Crippen MR) is 106 cm³/mol. The van der Waals surface area contributed by atoms with E-state index in [1.807, 2.05) is 0 Å². The number of pyridine rings is 2. The molecular formula is C16H22N8O8Zn+4. The molecule has 4 aromatic rings. The normalized spacial score (nSPS) is 8.48. The molecule has 0 spiro atoms. The summed E-state index contributed by atoms with van der Waals surface area (Å²) in [5.74, 6) is -2.53. The van der Waals surface area contributed by atoms with Crippen molar-refractivity contribution in [3.63, 3.8) is 0 Å². The molecule has 0 saturated carbocycles. The van der Waals surface area contributed by atoms with E-state index in [0.29, 0.717) is 11.4 Å². The number of hydrogen-bond donors (Lipinski definition) is 0. The Hall–Kier alpha value is -4.02. The van der Waals surface area contributed by atoms with Crippen molar-refractivity contribution >= 4 is 11.9 Å². The Morgan fingerprint density at radius 3 is 1.27 bits per heavy atom. The summed E-state index contributed by atoms with van der Waals surface area (Å²) in [5, 5.41) is 28.7. The van der Waals surface area contributed by atoms with Crippen LogP contribution in [0.15, 0.2) is 62.2 Å². The van der Waals surface area contributed by atoms with Crippen LogP contribution < -0.4 is 10.2 Å². The van der Waals surface area contributed by atoms with Crippen LogP contribution >= 0.6 is 0 Å². The van der Waals surface area contributed by atoms with E-state index in [-0.39, 0.29) is 52.5 Å². The van der Waals surface area contributed by atoms with E-state index in [9.17, 15) is 19.8 Å². The van der Waals surface area contributed by atoms with Gasteiger partial charge >= 0.3 is 19.5 Å². The third-order valence-electron chi connectivity index (χ3n) is 3.29. The Kier molecular flexibility index (Phi) is 16.0. The average Bonchev–Trinajstić information content (AvgIpc) is 3.43. The van der Waals surface area contributed by atoms with E-state index in [2.05, 4.69) is 30.1 Å². The number of carbonyl (C=O) groups excluding carboxylic acids is 2. The number of aromatic carboxylic acids is 2. The largest absolute Gasteiger partial charge is 2.00 e. The molecule has 0 bridgehead atoms. The van der Waals surface area contributed by atoms with Crippen LogP contribution in [0.4, 0.5) is 0 Å². The zero-order valence-corrected chi connectivity index (χ0v) is 20.0. The first-order valence-electron chi connectivity index (χ1n) is 7.57. The van der Waals surface area contributed by atoms with Crippen LogP contribution in [0.25, 0.3) is 11.4 Å². The number of carbonyl (C=O) groups is 2. The van der Waals surface area contributed by atoms with Crippen LogP contribution in [0, 0.1) is 0 Å². The number of rotatable bonds is 4. The molecule has 17 heteroatoms. The molecular weight excluding hydrogens is 498 g/mol. The summed E-state index contributed by atoms with van der Waals surface area (Å²) in [6, 6.07) is 2.83. The van der Waals surface area contributed by atoms with Gasteiger partial charge in [0.15, 0.2) is 0 Å². The molecule has 0 aliphatic heterocycles. The molecule has 0 aliphatic carbocycles. The summed E-state index contributed by atoms with van der Waals surface area (Å²) in [6.45, 7) is 0. The van der Waals surface area contributed by atoms with Gasteiger partial charge in [0, 0.05) is 23.5 Å². The summed E-state index contributed by atoms with van der Waals surface area (Å²) < 4.78 is 2.83. The molecule has 0 atom stereocenters. The fourth-order valence-electron chi connectivity index (χ4n) is 2.01. The molecule has 0 amide bonds. The zero-order valence-electron chi connectivity index (χ0n) is 17.0. The van der Waals surface area contributed by atoms with Crippen molar-refractivity contribution in [1.29, 1.82) is 0 Å². The Bertz CT molecular complexity index is 1010. The molecule has 0 fully saturated rings. The molecule has 33 heavy (non-hydrogen) atoms. The van der Waals surface area contributed by atoms with E-state index >= 15 is 0 Å². The molecule has 12 N–H and O–H groups in total. The second-order valence-electron chi connectivity index (χ2n) is 5.12. The van der Waals surface area contributed by atoms with Crippen molar-refractivity contribution in [2.24, 2.45) is 0 Å². The van der Waals surface area contributed by atoms with Crippen LogP contribution in [0.1, 0.15) is 20.7 Å². The first-order valence-corrected chi connectivity index (χ1v) is 7.57. The fraction of sp³-hybridized carbons (Fsp3) is 0. The number of hydrogen-bond acceptors (Lipinski definition) is 10. The van der Waals surface area contributed by atoms with Crippen molar-refractivity contribution in [2.75, 3.05) is 0 Å². The zero-order chi connectivity index (χ0) is 19.9. The molecule has 0 unspecified atom stereocenters. The quantitative estimate of drug-likeness (QED) is 0.181. The molecule has 172 valence electrons. The predicted octanol–water partition coefficient (Wildman–Crippen LogP) is -5.64. The summed E-state index contributed by atoms with van der Waals surface area (Å²) in [7, 11) is 0. The Labute approximate surface area is 197 Å². The standard InChI is InChI=1S/2C8H6N4O2.4H2O.Zn/c2*13-8(14)6-1-7(3-9-2-6)12-5-10-4-11-12;;;;;/h2*1-5H,(H,13,14);4*1H2;/q;;;;;;+2/p+2. The van der Waals surface area contributed by atoms with Gasteiger partial charge in [-0.1, -0.05) is 0 Å². The third kappa shape index (κ3) is 8.93. The van der Waals surface area contributed by atoms with E-state index in [4.69, 9.17) is 0 Å². The minimum Gasteiger partial charge on any atom is -0.545 e. The number of carboxylic acids is 2. The molecule has 0 aliphatic rings. The van der Waals surface area contributed by atoms with Crippen molar-refractivity contribution < 1.29 is 61.2 Å². The average molecular weight is 520 g/mol. The minimum atomic E-state index is -1.26. The van der Waals surface area contributed by atoms with E-state index < -0.39 is 11.9 Å². The number of nitrogens with zero attached hydrogens (tertiary/aromatic N) is 8. The van der Waals surface area contributed by atoms with Gasteiger partial charge in [0.1, 0.15) is 25.3 Å². The molecule has 0 saturated heterocycles. The smallest absolute Gasteiger partial charge is 0.545 e. The van der Waals surface area contributed by atoms with Gasteiger partial charge in [-0.2, -0.15) is 10.2 Å². The van der Waals surface area contributed by atoms with Crippen molar-refractivity contribution in [2.45, 2.75) is 0 Å². The maximum atomic E-state index is 10.5. The topological polar surface area (TPSA) is 299 Å². The molecule has 0 aromatic carbocycles. The third-order valence-corrected chi connectivity index (χ3v) is 3.29. The van der Waals surface area contributed by atoms with Crippen molar-refractivity contribution in [1.82, 2.24) is 39.5 Å². The number of carboxylic acid groups (broad SMARTS) is 2. The van der Waals surface area contributed by atoms with Crippen LogP contribution in [0.3, 0.4) is 0 Å². The monoisotopic (exact) mass is 518 g/mol. The van der Waals surface area contributed by atoms with E-state index in [0.717, 1.165) is 0 Å². The van der Waals surface area contributed by atoms with Gasteiger partial charge in [-0.25, -0.2) is 19.3 Å². The van der Waals surface area contributed by atoms with Crippen LogP contribution in [0.2, 0.25) is 0 Å². The summed E-state index contributed by atoms with van der Waals surface area (Å²) in [5.41, 5.74) is 1.09. The minimum absolute atomic E-state index is 0. The SMILES string of the molecule is O=C([O-])c1cncc(-n2cncn2)c1.O=C([O-])c1cncc(-n2cncn2)c1.[OH3+].[OH3+].[OH3+].[OH3+].[Zn+2]. The Morgan fingerprint density at radius 1 is 0.636 bits per heavy atom. The van der Waals surface area contributed by atoms with Gasteiger partial charge in [0.2, 0.25) is 0 Å². The fourth-order valence-corrected chi connectivity index (χ4v) is 2.01. The summed E-state index contributed by atoms with van der Waals surface area (Å²) in [6.07, 6.45) is 11.0. The van der Waals surface area contributed by atoms with Gasteiger partial charge in [0.05, 0.1) is 35.7 Å². The van der Waals surface area contributed by atoms with Gasteiger partial charge in [-0.05, 0) is 12.1 Å². The van der Waals surface area contributed by atoms with Gasteiger partial charge in [-0.3, -0.25) is 9.97 Å². The molecule has 4 heterocycles. The second-order valence-corrected chi connectivity index (χ2v) is 5.12. The van der Waals surface area contributed by atoms with Gasteiger partial charge < -0.3 is 41.7 Å². The van der Waals surface area contributed by atoms with Crippen LogP contribution in [-0.4, -0.2) is 51.4 Å². The van der Waals surface area contributed by atoms with E-state index in [1.165, 1.54) is 71.6 Å². The van der Waals surface area contributed by atoms with Crippen LogP contribution in [0.5, 0.6) is 0 Å². The van der Waals surface area contributed by atoms with Crippen molar-refractivity contribution in [3.05, 3.63) is 73.4 Å².